The summed E-state index contributed by atoms with van der Waals surface area (Å²) in [5.41, 5.74) is 7.78. The number of nitrogens with zero attached hydrogens (tertiary/aromatic N) is 3. The largest absolute Gasteiger partial charge is 0.396 e. The fourth-order valence-corrected chi connectivity index (χ4v) is 2.57. The van der Waals surface area contributed by atoms with Gasteiger partial charge in [0.15, 0.2) is 5.82 Å². The molecular weight excluding hydrogens is 228 g/mol. The number of aryl methyl sites for hydroxylation is 1. The molecule has 2 rings (SSSR count). The Kier molecular flexibility index (Phi) is 3.73. The summed E-state index contributed by atoms with van der Waals surface area (Å²) < 4.78 is 0. The van der Waals surface area contributed by atoms with Crippen LogP contribution in [0.25, 0.3) is 0 Å². The van der Waals surface area contributed by atoms with E-state index in [0.717, 1.165) is 24.3 Å². The van der Waals surface area contributed by atoms with Crippen LogP contribution in [0.5, 0.6) is 0 Å². The number of β-amino-alcohol motifs (C(OH)–C–C–N with tert-alkyl or cyclic N) is 1. The molecule has 5 heteroatoms. The lowest BCUT2D eigenvalue weighted by molar-refractivity contribution is 0.191. The lowest BCUT2D eigenvalue weighted by Gasteiger charge is -2.28. The van der Waals surface area contributed by atoms with E-state index >= 15 is 0 Å². The number of nitrogens with two attached hydrogens (primary N) is 1. The van der Waals surface area contributed by atoms with Crippen LogP contribution in [-0.4, -0.2) is 54.3 Å². The second-order valence-electron chi connectivity index (χ2n) is 5.38. The highest BCUT2D eigenvalue weighted by atomic mass is 16.3. The van der Waals surface area contributed by atoms with Crippen LogP contribution >= 0.6 is 0 Å². The van der Waals surface area contributed by atoms with E-state index in [1.807, 2.05) is 33.3 Å². The average Bonchev–Trinajstić information content (AvgIpc) is 2.58. The van der Waals surface area contributed by atoms with Crippen LogP contribution in [0.4, 0.5) is 11.5 Å². The number of likely N-dealkylation sites (N-methyl/N-ethyl adjacent to an activating group) is 1. The second-order valence-corrected chi connectivity index (χ2v) is 5.38. The van der Waals surface area contributed by atoms with Gasteiger partial charge in [0.1, 0.15) is 0 Å². The summed E-state index contributed by atoms with van der Waals surface area (Å²) >= 11 is 0. The molecular formula is C13H22N4O. The van der Waals surface area contributed by atoms with Crippen molar-refractivity contribution in [2.75, 3.05) is 37.8 Å². The van der Waals surface area contributed by atoms with Crippen molar-refractivity contribution < 1.29 is 5.11 Å². The molecule has 1 fully saturated rings. The third kappa shape index (κ3) is 2.73. The molecule has 5 nitrogen and oxygen atoms in total. The van der Waals surface area contributed by atoms with Gasteiger partial charge in [-0.05, 0) is 39.1 Å². The van der Waals surface area contributed by atoms with Crippen LogP contribution in [0.3, 0.4) is 0 Å². The lowest BCUT2D eigenvalue weighted by Crippen LogP contribution is -2.38. The maximum atomic E-state index is 9.86. The fourth-order valence-electron chi connectivity index (χ4n) is 2.57. The standard InChI is InChI=1S/C13H22N4O/c1-9-4-12(14)13(15-6-9)17-8-11(18)5-10(17)7-16(2)3/h4,6,10-11,18H,5,7-8,14H2,1-3H3. The third-order valence-corrected chi connectivity index (χ3v) is 3.27. The SMILES string of the molecule is Cc1cnc(N2CC(O)CC2CN(C)C)c(N)c1. The van der Waals surface area contributed by atoms with Gasteiger partial charge in [-0.2, -0.15) is 0 Å². The Morgan fingerprint density at radius 3 is 2.89 bits per heavy atom. The Morgan fingerprint density at radius 2 is 2.28 bits per heavy atom. The lowest BCUT2D eigenvalue weighted by atomic mass is 10.2. The van der Waals surface area contributed by atoms with Crippen molar-refractivity contribution >= 4 is 11.5 Å². The number of hydrogen-bond acceptors (Lipinski definition) is 5. The van der Waals surface area contributed by atoms with Crippen LogP contribution in [0.1, 0.15) is 12.0 Å². The zero-order valence-electron chi connectivity index (χ0n) is 11.3. The van der Waals surface area contributed by atoms with Crippen molar-refractivity contribution in [1.82, 2.24) is 9.88 Å². The molecule has 3 N–H and O–H groups in total. The predicted molar refractivity (Wildman–Crippen MR) is 73.7 cm³/mol. The Bertz CT molecular complexity index is 421. The fraction of sp³-hybridized carbons (Fsp3) is 0.615. The first-order chi connectivity index (χ1) is 8.47. The molecule has 2 unspecified atom stereocenters. The number of aliphatic hydroxyl groups excluding tert-OH is 1. The van der Waals surface area contributed by atoms with E-state index in [0.29, 0.717) is 12.2 Å². The molecule has 0 saturated carbocycles. The van der Waals surface area contributed by atoms with Crippen molar-refractivity contribution in [2.45, 2.75) is 25.5 Å². The maximum Gasteiger partial charge on any atom is 0.152 e. The minimum atomic E-state index is -0.294. The van der Waals surface area contributed by atoms with Crippen molar-refractivity contribution in [3.05, 3.63) is 17.8 Å². The molecule has 0 aromatic carbocycles. The smallest absolute Gasteiger partial charge is 0.152 e. The maximum absolute atomic E-state index is 9.86. The van der Waals surface area contributed by atoms with Gasteiger partial charge in [0, 0.05) is 25.3 Å². The topological polar surface area (TPSA) is 65.6 Å². The molecule has 0 amide bonds. The Morgan fingerprint density at radius 1 is 1.56 bits per heavy atom. The minimum absolute atomic E-state index is 0.271. The molecule has 0 bridgehead atoms. The van der Waals surface area contributed by atoms with Crippen LogP contribution in [0.2, 0.25) is 0 Å². The quantitative estimate of drug-likeness (QED) is 0.816. The molecule has 1 aliphatic heterocycles. The van der Waals surface area contributed by atoms with Gasteiger partial charge >= 0.3 is 0 Å². The third-order valence-electron chi connectivity index (χ3n) is 3.27. The summed E-state index contributed by atoms with van der Waals surface area (Å²) in [6.07, 6.45) is 2.30. The number of hydrogen-bond donors (Lipinski definition) is 2. The van der Waals surface area contributed by atoms with Gasteiger partial charge in [0.05, 0.1) is 11.8 Å². The van der Waals surface area contributed by atoms with E-state index in [4.69, 9.17) is 5.73 Å². The molecule has 2 atom stereocenters. The normalized spacial score (nSPS) is 23.9. The molecule has 1 aromatic heterocycles. The van der Waals surface area contributed by atoms with Crippen LogP contribution in [-0.2, 0) is 0 Å². The van der Waals surface area contributed by atoms with E-state index in [-0.39, 0.29) is 12.1 Å². The molecule has 18 heavy (non-hydrogen) atoms. The highest BCUT2D eigenvalue weighted by Gasteiger charge is 2.32. The van der Waals surface area contributed by atoms with Crippen LogP contribution in [0.15, 0.2) is 12.3 Å². The van der Waals surface area contributed by atoms with E-state index in [1.54, 1.807) is 0 Å². The highest BCUT2D eigenvalue weighted by Crippen LogP contribution is 2.29. The van der Waals surface area contributed by atoms with Crippen molar-refractivity contribution in [3.8, 4) is 0 Å². The number of nitrogen functional groups attached to an aromatic ring is 1. The summed E-state index contributed by atoms with van der Waals surface area (Å²) in [7, 11) is 4.07. The van der Waals surface area contributed by atoms with Gasteiger partial charge in [-0.15, -0.1) is 0 Å². The zero-order chi connectivity index (χ0) is 13.3. The summed E-state index contributed by atoms with van der Waals surface area (Å²) in [4.78, 5) is 8.67. The van der Waals surface area contributed by atoms with Gasteiger partial charge < -0.3 is 20.6 Å². The van der Waals surface area contributed by atoms with Crippen molar-refractivity contribution in [3.63, 3.8) is 0 Å². The molecule has 0 aliphatic carbocycles. The molecule has 1 saturated heterocycles. The van der Waals surface area contributed by atoms with Crippen molar-refractivity contribution in [1.29, 1.82) is 0 Å². The summed E-state index contributed by atoms with van der Waals surface area (Å²) in [6.45, 7) is 3.48. The number of pyridine rings is 1. The van der Waals surface area contributed by atoms with Gasteiger partial charge in [0.25, 0.3) is 0 Å². The first kappa shape index (κ1) is 13.1. The summed E-state index contributed by atoms with van der Waals surface area (Å²) in [5, 5.41) is 9.86. The van der Waals surface area contributed by atoms with Crippen LogP contribution in [0, 0.1) is 6.92 Å². The van der Waals surface area contributed by atoms with Gasteiger partial charge in [-0.3, -0.25) is 0 Å². The first-order valence-corrected chi connectivity index (χ1v) is 6.29. The first-order valence-electron chi connectivity index (χ1n) is 6.29. The average molecular weight is 250 g/mol. The molecule has 0 radical (unpaired) electrons. The summed E-state index contributed by atoms with van der Waals surface area (Å²) in [5.74, 6) is 0.795. The highest BCUT2D eigenvalue weighted by molar-refractivity contribution is 5.64. The van der Waals surface area contributed by atoms with E-state index in [2.05, 4.69) is 14.8 Å². The van der Waals surface area contributed by atoms with E-state index in [1.165, 1.54) is 0 Å². The zero-order valence-corrected chi connectivity index (χ0v) is 11.3. The monoisotopic (exact) mass is 250 g/mol. The predicted octanol–water partition coefficient (Wildman–Crippen LogP) is 0.473. The van der Waals surface area contributed by atoms with Crippen LogP contribution < -0.4 is 10.6 Å². The minimum Gasteiger partial charge on any atom is -0.396 e. The van der Waals surface area contributed by atoms with Gasteiger partial charge in [-0.25, -0.2) is 4.98 Å². The Labute approximate surface area is 108 Å². The van der Waals surface area contributed by atoms with Gasteiger partial charge in [0.2, 0.25) is 0 Å². The molecule has 2 heterocycles. The van der Waals surface area contributed by atoms with E-state index < -0.39 is 0 Å². The molecule has 0 spiro atoms. The number of aliphatic hydroxyl groups is 1. The van der Waals surface area contributed by atoms with E-state index in [9.17, 15) is 5.11 Å². The summed E-state index contributed by atoms with van der Waals surface area (Å²) in [6, 6.07) is 2.20. The molecule has 1 aliphatic rings. The molecule has 1 aromatic rings. The Balaban J connectivity index is 2.24. The van der Waals surface area contributed by atoms with Crippen molar-refractivity contribution in [2.24, 2.45) is 0 Å². The number of aromatic nitrogens is 1. The van der Waals surface area contributed by atoms with Gasteiger partial charge in [-0.1, -0.05) is 0 Å². The second kappa shape index (κ2) is 5.12. The Hall–Kier alpha value is -1.33. The number of anilines is 2. The molecule has 100 valence electrons. The number of rotatable bonds is 3.